The number of nitro benzene ring substituents is 1. The van der Waals surface area contributed by atoms with Gasteiger partial charge in [-0.2, -0.15) is 57.0 Å². The predicted octanol–water partition coefficient (Wildman–Crippen LogP) is 6.91. The molecule has 0 bridgehead atoms. The number of aromatic carboxylic acids is 1. The number of nitrogens with two attached hydrogens (primary N) is 1. The van der Waals surface area contributed by atoms with E-state index in [2.05, 4.69) is 46.0 Å². The molecule has 0 aliphatic rings. The first kappa shape index (κ1) is 64.9. The van der Waals surface area contributed by atoms with Gasteiger partial charge in [-0.3, -0.25) is 37.7 Å². The highest BCUT2D eigenvalue weighted by molar-refractivity contribution is 7.87. The Balaban J connectivity index is 0.00000268. The van der Waals surface area contributed by atoms with E-state index in [0.717, 1.165) is 78.9 Å². The molecule has 0 fully saturated rings. The Morgan fingerprint density at radius 3 is 1.64 bits per heavy atom. The second kappa shape index (κ2) is 24.4. The SMILES string of the molecule is Nc1c(N=Nc2ccc3c(O)c(N=Nc4cc(N=Nc5c(OC=O)nn(-c6ccc(S(=O)(=O)O)cc6)c5O)cc(C(=O)O)c4)c(S(=O)(=O)O)cc3c2S(=O)(=O)O)cc(S(=O)(=O)O)c2ccc(N=Nc3ccc([N+](=O)[O-])cc3S(=O)(=O)O)c(O)c12.O=S(=O)=O. The maximum Gasteiger partial charge on any atom is 0.425 e. The number of azo groups is 4. The highest BCUT2D eigenvalue weighted by Gasteiger charge is 2.30. The molecule has 11 N–H and O–H groups in total. The molecule has 0 saturated carbocycles. The number of aromatic hydroxyl groups is 3. The topological polar surface area (TPSA) is 633 Å². The zero-order valence-electron chi connectivity index (χ0n) is 42.1. The summed E-state index contributed by atoms with van der Waals surface area (Å²) in [5, 5.41) is 85.5. The number of benzene rings is 7. The third kappa shape index (κ3) is 14.2. The van der Waals surface area contributed by atoms with Gasteiger partial charge in [0.15, 0.2) is 11.5 Å². The average molecular weight is 1340 g/mol. The zero-order valence-corrected chi connectivity index (χ0v) is 47.0. The van der Waals surface area contributed by atoms with E-state index in [0.29, 0.717) is 22.9 Å². The van der Waals surface area contributed by atoms with E-state index in [1.807, 2.05) is 0 Å². The monoisotopic (exact) mass is 1340 g/mol. The van der Waals surface area contributed by atoms with E-state index in [1.54, 1.807) is 0 Å². The van der Waals surface area contributed by atoms with Crippen molar-refractivity contribution >= 4 is 152 Å². The molecule has 1 heterocycles. The highest BCUT2D eigenvalue weighted by atomic mass is 32.2. The fourth-order valence-corrected chi connectivity index (χ4v) is 10.9. The maximum absolute atomic E-state index is 13.1. The summed E-state index contributed by atoms with van der Waals surface area (Å²) in [5.74, 6) is -5.59. The molecule has 0 aliphatic carbocycles. The smallest absolute Gasteiger partial charge is 0.425 e. The van der Waals surface area contributed by atoms with Gasteiger partial charge in [0.25, 0.3) is 68.6 Å². The number of nitrogen functional groups attached to an aromatic ring is 1. The van der Waals surface area contributed by atoms with Crippen molar-refractivity contribution in [2.45, 2.75) is 24.5 Å². The molecule has 0 atom stereocenters. The number of carboxylic acid groups (broad SMARTS) is 1. The van der Waals surface area contributed by atoms with E-state index in [-0.39, 0.29) is 12.2 Å². The van der Waals surface area contributed by atoms with Crippen LogP contribution in [-0.2, 0) is 66.0 Å². The van der Waals surface area contributed by atoms with Crippen LogP contribution in [0.25, 0.3) is 27.2 Å². The minimum Gasteiger partial charge on any atom is -0.505 e. The first-order chi connectivity index (χ1) is 40.8. The largest absolute Gasteiger partial charge is 0.505 e. The van der Waals surface area contributed by atoms with Crippen LogP contribution >= 0.6 is 0 Å². The molecular formula is C43H28N12O27S6. The Kier molecular flexibility index (Phi) is 18.0. The summed E-state index contributed by atoms with van der Waals surface area (Å²) in [6.45, 7) is -0.126. The van der Waals surface area contributed by atoms with Crippen LogP contribution in [0.1, 0.15) is 10.4 Å². The zero-order chi connectivity index (χ0) is 65.3. The lowest BCUT2D eigenvalue weighted by Crippen LogP contribution is -2.03. The van der Waals surface area contributed by atoms with Gasteiger partial charge in [-0.25, -0.2) is 4.79 Å². The van der Waals surface area contributed by atoms with E-state index >= 15 is 0 Å². The number of anilines is 1. The van der Waals surface area contributed by atoms with Crippen LogP contribution < -0.4 is 10.5 Å². The molecule has 1 aromatic heterocycles. The van der Waals surface area contributed by atoms with Gasteiger partial charge in [0.2, 0.25) is 11.6 Å². The number of nitro groups is 1. The molecule has 0 spiro atoms. The van der Waals surface area contributed by atoms with Crippen molar-refractivity contribution in [2.24, 2.45) is 40.9 Å². The second-order valence-electron chi connectivity index (χ2n) is 16.7. The molecule has 0 unspecified atom stereocenters. The van der Waals surface area contributed by atoms with Crippen LogP contribution in [0.3, 0.4) is 0 Å². The Bertz CT molecular complexity index is 5180. The number of phenols is 2. The molecule has 0 amide bonds. The first-order valence-corrected chi connectivity index (χ1v) is 30.4. The third-order valence-corrected chi connectivity index (χ3v) is 15.7. The van der Waals surface area contributed by atoms with Crippen LogP contribution in [0, 0.1) is 10.1 Å². The van der Waals surface area contributed by atoms with Gasteiger partial charge in [0, 0.05) is 28.3 Å². The van der Waals surface area contributed by atoms with Crippen molar-refractivity contribution in [1.82, 2.24) is 9.78 Å². The Morgan fingerprint density at radius 2 is 1.10 bits per heavy atom. The maximum atomic E-state index is 13.1. The normalized spacial score (nSPS) is 12.5. The van der Waals surface area contributed by atoms with Gasteiger partial charge in [0.1, 0.15) is 48.0 Å². The summed E-state index contributed by atoms with van der Waals surface area (Å²) in [5.41, 5.74) is -1.84. The summed E-state index contributed by atoms with van der Waals surface area (Å²) in [7, 11) is -29.6. The van der Waals surface area contributed by atoms with E-state index in [4.69, 9.17) is 23.1 Å². The van der Waals surface area contributed by atoms with Gasteiger partial charge in [-0.15, -0.1) is 48.4 Å². The van der Waals surface area contributed by atoms with Crippen molar-refractivity contribution in [2.75, 3.05) is 5.73 Å². The molecule has 7 aromatic carbocycles. The summed E-state index contributed by atoms with van der Waals surface area (Å²) in [6, 6.07) is 12.9. The number of nitrogens with zero attached hydrogens (tertiary/aromatic N) is 11. The first-order valence-electron chi connectivity index (χ1n) is 22.2. The Morgan fingerprint density at radius 1 is 0.580 bits per heavy atom. The summed E-state index contributed by atoms with van der Waals surface area (Å²) in [4.78, 5) is 28.2. The molecule has 458 valence electrons. The number of non-ortho nitro benzene ring substituents is 1. The summed E-state index contributed by atoms with van der Waals surface area (Å²) < 4.78 is 205. The molecule has 8 aromatic rings. The van der Waals surface area contributed by atoms with Crippen molar-refractivity contribution in [1.29, 1.82) is 0 Å². The van der Waals surface area contributed by atoms with Gasteiger partial charge < -0.3 is 30.9 Å². The Labute approximate surface area is 489 Å². The average Bonchev–Trinajstić information content (AvgIpc) is 1.09. The van der Waals surface area contributed by atoms with Gasteiger partial charge in [-0.1, -0.05) is 6.07 Å². The van der Waals surface area contributed by atoms with Crippen molar-refractivity contribution in [3.63, 3.8) is 0 Å². The minimum absolute atomic E-state index is 0.0745. The quantitative estimate of drug-likeness (QED) is 0.0104. The van der Waals surface area contributed by atoms with Crippen molar-refractivity contribution in [3.05, 3.63) is 113 Å². The summed E-state index contributed by atoms with van der Waals surface area (Å²) in [6.07, 6.45) is 0. The Hall–Kier alpha value is -10.6. The molecular weight excluding hydrogens is 1310 g/mol. The van der Waals surface area contributed by atoms with Crippen LogP contribution in [-0.4, -0.2) is 125 Å². The van der Waals surface area contributed by atoms with Crippen LogP contribution in [0.5, 0.6) is 23.3 Å². The number of carbonyl (C=O) groups is 2. The number of hydrogen-bond donors (Lipinski definition) is 10. The number of fused-ring (bicyclic) bond motifs is 2. The van der Waals surface area contributed by atoms with Crippen LogP contribution in [0.15, 0.2) is 162 Å². The third-order valence-electron chi connectivity index (χ3n) is 11.2. The minimum atomic E-state index is -5.68. The van der Waals surface area contributed by atoms with Gasteiger partial charge in [0.05, 0.1) is 43.5 Å². The van der Waals surface area contributed by atoms with Crippen LogP contribution in [0.4, 0.5) is 56.9 Å². The molecule has 0 saturated heterocycles. The molecule has 0 aliphatic heterocycles. The lowest BCUT2D eigenvalue weighted by molar-refractivity contribution is -0.385. The molecule has 0 radical (unpaired) electrons. The fraction of sp³-hybridized carbons (Fsp3) is 0. The van der Waals surface area contributed by atoms with E-state index < -0.39 is 204 Å². The highest BCUT2D eigenvalue weighted by Crippen LogP contribution is 2.49. The molecule has 88 heavy (non-hydrogen) atoms. The fourth-order valence-electron chi connectivity index (χ4n) is 7.57. The number of carboxylic acids is 1. The van der Waals surface area contributed by atoms with Crippen molar-refractivity contribution in [3.8, 4) is 28.9 Å². The lowest BCUT2D eigenvalue weighted by atomic mass is 10.1. The molecule has 45 heteroatoms. The number of ether oxygens (including phenoxy) is 1. The van der Waals surface area contributed by atoms with E-state index in [1.165, 1.54) is 0 Å². The van der Waals surface area contributed by atoms with E-state index in [9.17, 15) is 105 Å². The lowest BCUT2D eigenvalue weighted by Gasteiger charge is -2.13. The summed E-state index contributed by atoms with van der Waals surface area (Å²) >= 11 is 0. The van der Waals surface area contributed by atoms with Crippen molar-refractivity contribution < 1.29 is 117 Å². The second-order valence-corrected chi connectivity index (χ2v) is 24.0. The number of aromatic nitrogens is 2. The molecule has 8 rings (SSSR count). The van der Waals surface area contributed by atoms with Crippen LogP contribution in [0.2, 0.25) is 0 Å². The number of rotatable bonds is 18. The standard InChI is InChI=1S/C43H28N12O24S5.O3S/c44-35-30(16-31(81(67,68)69)25-7-9-28(39(58)34(25)35)48-47-27-8-3-22(55(62)63)14-32(27)82(70,71)72)50-49-29-10-6-24-26(40(29)84(76,77)78)15-33(83(73,74)75)36(38(24)57)51-45-19-11-18(43(60)61)12-20(13-19)46-52-37-41(79-17-56)53-54(42(37)59)21-1-4-23(5-2-21)80(64,65)66;1-4(2)3/h1-17,57-59H,44H2,(H,60,61)(H,64,65,66)(H,67,68,69)(H,70,71,72)(H,73,74,75)(H,76,77,78);. The van der Waals surface area contributed by atoms with Gasteiger partial charge in [-0.05, 0) is 78.9 Å². The molecule has 39 nitrogen and oxygen atoms in total. The number of carbonyl (C=O) groups excluding carboxylic acids is 1. The van der Waals surface area contributed by atoms with Gasteiger partial charge >= 0.3 is 16.6 Å². The number of hydrogen-bond acceptors (Lipinski definition) is 31. The number of phenolic OH excluding ortho intramolecular Hbond substituents is 2. The predicted molar refractivity (Wildman–Crippen MR) is 290 cm³/mol.